The van der Waals surface area contributed by atoms with Gasteiger partial charge in [0, 0.05) is 10.6 Å². The van der Waals surface area contributed by atoms with E-state index in [-0.39, 0.29) is 24.6 Å². The lowest BCUT2D eigenvalue weighted by Crippen LogP contribution is -2.41. The maximum Gasteiger partial charge on any atom is 0.332 e. The fourth-order valence-corrected chi connectivity index (χ4v) is 4.69. The molecule has 0 aliphatic rings. The van der Waals surface area contributed by atoms with Crippen molar-refractivity contribution in [2.45, 2.75) is 18.0 Å². The van der Waals surface area contributed by atoms with Crippen molar-refractivity contribution in [2.24, 2.45) is 0 Å². The van der Waals surface area contributed by atoms with Crippen molar-refractivity contribution < 1.29 is 9.53 Å². The van der Waals surface area contributed by atoms with Gasteiger partial charge in [-0.3, -0.25) is 18.7 Å². The van der Waals surface area contributed by atoms with Crippen molar-refractivity contribution in [3.63, 3.8) is 0 Å². The number of carbonyl (C=O) groups excluding carboxylic acids is 1. The van der Waals surface area contributed by atoms with E-state index in [0.29, 0.717) is 21.7 Å². The van der Waals surface area contributed by atoms with E-state index in [1.165, 1.54) is 20.5 Å². The molecular weight excluding hydrogens is 446 g/mol. The Labute approximate surface area is 192 Å². The number of anilines is 1. The first-order valence-corrected chi connectivity index (χ1v) is 11.9. The molecule has 0 saturated heterocycles. The summed E-state index contributed by atoms with van der Waals surface area (Å²) in [6.07, 6.45) is 1.96. The maximum atomic E-state index is 13.2. The van der Waals surface area contributed by atoms with Crippen molar-refractivity contribution in [2.75, 3.05) is 18.7 Å². The molecule has 164 valence electrons. The number of hydrogen-bond acceptors (Lipinski definition) is 6. The van der Waals surface area contributed by atoms with Crippen LogP contribution in [0.4, 0.5) is 5.69 Å². The Bertz CT molecular complexity index is 1390. The minimum atomic E-state index is -0.523. The number of ether oxygens (including phenoxy) is 1. The Balaban J connectivity index is 1.67. The summed E-state index contributed by atoms with van der Waals surface area (Å²) in [7, 11) is 1.57. The second-order valence-corrected chi connectivity index (χ2v) is 8.82. The summed E-state index contributed by atoms with van der Waals surface area (Å²) < 4.78 is 8.12. The zero-order valence-corrected chi connectivity index (χ0v) is 19.2. The van der Waals surface area contributed by atoms with Crippen LogP contribution in [0.15, 0.2) is 74.5 Å². The summed E-state index contributed by atoms with van der Waals surface area (Å²) >= 11 is 2.83. The van der Waals surface area contributed by atoms with E-state index in [2.05, 4.69) is 5.32 Å². The SMILES string of the molecule is COc1ccc(Cn2c(=O)c3sccc3n(CC(=O)Nc3cccc(SC)c3)c2=O)cc1. The monoisotopic (exact) mass is 467 g/mol. The van der Waals surface area contributed by atoms with Crippen LogP contribution in [0, 0.1) is 0 Å². The molecule has 1 N–H and O–H groups in total. The maximum absolute atomic E-state index is 13.2. The molecule has 2 aromatic heterocycles. The number of fused-ring (bicyclic) bond motifs is 1. The topological polar surface area (TPSA) is 82.3 Å². The van der Waals surface area contributed by atoms with Gasteiger partial charge in [-0.2, -0.15) is 0 Å². The number of nitrogens with zero attached hydrogens (tertiary/aromatic N) is 2. The zero-order valence-electron chi connectivity index (χ0n) is 17.5. The van der Waals surface area contributed by atoms with E-state index in [1.807, 2.05) is 24.5 Å². The molecular formula is C23H21N3O4S2. The van der Waals surface area contributed by atoms with Crippen LogP contribution in [0.2, 0.25) is 0 Å². The number of amides is 1. The molecule has 4 aromatic rings. The molecule has 0 spiro atoms. The highest BCUT2D eigenvalue weighted by molar-refractivity contribution is 7.98. The van der Waals surface area contributed by atoms with E-state index in [0.717, 1.165) is 10.5 Å². The van der Waals surface area contributed by atoms with Crippen LogP contribution in [0.1, 0.15) is 5.56 Å². The van der Waals surface area contributed by atoms with Crippen molar-refractivity contribution in [3.8, 4) is 5.75 Å². The molecule has 0 atom stereocenters. The van der Waals surface area contributed by atoms with Gasteiger partial charge in [-0.25, -0.2) is 4.79 Å². The number of nitrogens with one attached hydrogen (secondary N) is 1. The summed E-state index contributed by atoms with van der Waals surface area (Å²) in [5.74, 6) is 0.349. The molecule has 0 radical (unpaired) electrons. The van der Waals surface area contributed by atoms with Crippen LogP contribution in [0.25, 0.3) is 10.2 Å². The quantitative estimate of drug-likeness (QED) is 0.420. The van der Waals surface area contributed by atoms with Gasteiger partial charge < -0.3 is 10.1 Å². The van der Waals surface area contributed by atoms with Gasteiger partial charge in [-0.1, -0.05) is 18.2 Å². The number of methoxy groups -OCH3 is 1. The van der Waals surface area contributed by atoms with Crippen molar-refractivity contribution in [3.05, 3.63) is 86.4 Å². The van der Waals surface area contributed by atoms with Gasteiger partial charge in [0.15, 0.2) is 0 Å². The standard InChI is InChI=1S/C23H21N3O4S2/c1-30-17-8-6-15(7-9-17)13-26-22(28)21-19(10-11-32-21)25(23(26)29)14-20(27)24-16-4-3-5-18(12-16)31-2/h3-12H,13-14H2,1-2H3,(H,24,27). The minimum absolute atomic E-state index is 0.104. The highest BCUT2D eigenvalue weighted by Gasteiger charge is 2.17. The van der Waals surface area contributed by atoms with Gasteiger partial charge in [0.1, 0.15) is 17.0 Å². The average Bonchev–Trinajstić information content (AvgIpc) is 3.30. The molecule has 0 unspecified atom stereocenters. The van der Waals surface area contributed by atoms with Crippen LogP contribution in [-0.2, 0) is 17.9 Å². The van der Waals surface area contributed by atoms with E-state index in [9.17, 15) is 14.4 Å². The molecule has 2 aromatic carbocycles. The predicted octanol–water partition coefficient (Wildman–Crippen LogP) is 3.64. The Morgan fingerprint density at radius 1 is 1.09 bits per heavy atom. The molecule has 2 heterocycles. The normalized spacial score (nSPS) is 10.9. The van der Waals surface area contributed by atoms with Crippen LogP contribution >= 0.6 is 23.1 Å². The number of carbonyl (C=O) groups is 1. The van der Waals surface area contributed by atoms with E-state index >= 15 is 0 Å². The molecule has 32 heavy (non-hydrogen) atoms. The van der Waals surface area contributed by atoms with Crippen LogP contribution < -0.4 is 21.3 Å². The van der Waals surface area contributed by atoms with Crippen molar-refractivity contribution in [1.82, 2.24) is 9.13 Å². The number of thioether (sulfide) groups is 1. The van der Waals surface area contributed by atoms with Crippen LogP contribution in [0.3, 0.4) is 0 Å². The highest BCUT2D eigenvalue weighted by atomic mass is 32.2. The van der Waals surface area contributed by atoms with Gasteiger partial charge in [0.2, 0.25) is 5.91 Å². The first-order valence-electron chi connectivity index (χ1n) is 9.78. The number of hydrogen-bond donors (Lipinski definition) is 1. The third kappa shape index (κ3) is 4.49. The third-order valence-corrected chi connectivity index (χ3v) is 6.61. The lowest BCUT2D eigenvalue weighted by Gasteiger charge is -2.13. The Hall–Kier alpha value is -3.30. The van der Waals surface area contributed by atoms with Gasteiger partial charge in [-0.15, -0.1) is 23.1 Å². The first kappa shape index (κ1) is 21.9. The summed E-state index contributed by atoms with van der Waals surface area (Å²) in [5, 5.41) is 4.59. The molecule has 0 fully saturated rings. The fraction of sp³-hybridized carbons (Fsp3) is 0.174. The molecule has 0 saturated carbocycles. The van der Waals surface area contributed by atoms with Gasteiger partial charge in [0.05, 0.1) is 19.2 Å². The molecule has 1 amide bonds. The zero-order chi connectivity index (χ0) is 22.7. The predicted molar refractivity (Wildman–Crippen MR) is 129 cm³/mol. The summed E-state index contributed by atoms with van der Waals surface area (Å²) in [6, 6.07) is 16.3. The third-order valence-electron chi connectivity index (χ3n) is 4.99. The van der Waals surface area contributed by atoms with Crippen LogP contribution in [-0.4, -0.2) is 28.4 Å². The molecule has 0 aliphatic carbocycles. The molecule has 4 rings (SSSR count). The second kappa shape index (κ2) is 9.46. The molecule has 7 nitrogen and oxygen atoms in total. The summed E-state index contributed by atoms with van der Waals surface area (Å²) in [4.78, 5) is 40.0. The molecule has 0 aliphatic heterocycles. The minimum Gasteiger partial charge on any atom is -0.497 e. The summed E-state index contributed by atoms with van der Waals surface area (Å²) in [6.45, 7) is -0.0919. The summed E-state index contributed by atoms with van der Waals surface area (Å²) in [5.41, 5.74) is 1.02. The number of aromatic nitrogens is 2. The number of thiophene rings is 1. The lowest BCUT2D eigenvalue weighted by molar-refractivity contribution is -0.116. The number of rotatable bonds is 7. The van der Waals surface area contributed by atoms with E-state index < -0.39 is 5.69 Å². The van der Waals surface area contributed by atoms with Gasteiger partial charge in [0.25, 0.3) is 5.56 Å². The smallest absolute Gasteiger partial charge is 0.332 e. The van der Waals surface area contributed by atoms with E-state index in [4.69, 9.17) is 4.74 Å². The van der Waals surface area contributed by atoms with Gasteiger partial charge in [-0.05, 0) is 53.6 Å². The highest BCUT2D eigenvalue weighted by Crippen LogP contribution is 2.20. The molecule has 0 bridgehead atoms. The van der Waals surface area contributed by atoms with Gasteiger partial charge >= 0.3 is 5.69 Å². The Morgan fingerprint density at radius 3 is 2.59 bits per heavy atom. The average molecular weight is 468 g/mol. The van der Waals surface area contributed by atoms with E-state index in [1.54, 1.807) is 60.6 Å². The second-order valence-electron chi connectivity index (χ2n) is 7.02. The molecule has 9 heteroatoms. The van der Waals surface area contributed by atoms with Crippen molar-refractivity contribution >= 4 is 44.9 Å². The lowest BCUT2D eigenvalue weighted by atomic mass is 10.2. The first-order chi connectivity index (χ1) is 15.5. The number of benzene rings is 2. The fourth-order valence-electron chi connectivity index (χ4n) is 3.38. The van der Waals surface area contributed by atoms with Crippen molar-refractivity contribution in [1.29, 1.82) is 0 Å². The van der Waals surface area contributed by atoms with Crippen LogP contribution in [0.5, 0.6) is 5.75 Å². The Kier molecular flexibility index (Phi) is 6.48. The largest absolute Gasteiger partial charge is 0.497 e. The Morgan fingerprint density at radius 2 is 1.88 bits per heavy atom.